The van der Waals surface area contributed by atoms with E-state index in [4.69, 9.17) is 26.4 Å². The molecule has 3 atom stereocenters. The van der Waals surface area contributed by atoms with E-state index in [1.807, 2.05) is 43.8 Å². The lowest BCUT2D eigenvalue weighted by molar-refractivity contribution is -0.196. The van der Waals surface area contributed by atoms with Crippen molar-refractivity contribution < 1.29 is 41.8 Å². The summed E-state index contributed by atoms with van der Waals surface area (Å²) in [4.78, 5) is 45.6. The van der Waals surface area contributed by atoms with Gasteiger partial charge in [-0.1, -0.05) is 68.2 Å². The Hall–Kier alpha value is -2.73. The van der Waals surface area contributed by atoms with Crippen LogP contribution >= 0.6 is 24.0 Å². The zero-order valence-electron chi connectivity index (χ0n) is 30.2. The van der Waals surface area contributed by atoms with Crippen LogP contribution in [0.25, 0.3) is 0 Å². The molecule has 0 aliphatic rings. The molecule has 0 heterocycles. The first-order valence-corrected chi connectivity index (χ1v) is 17.4. The van der Waals surface area contributed by atoms with E-state index in [-0.39, 0.29) is 26.1 Å². The van der Waals surface area contributed by atoms with E-state index in [0.717, 1.165) is 11.8 Å². The molecule has 49 heavy (non-hydrogen) atoms. The normalized spacial score (nSPS) is 15.8. The molecule has 1 aromatic carbocycles. The summed E-state index contributed by atoms with van der Waals surface area (Å²) in [5.41, 5.74) is -3.99. The molecule has 9 nitrogen and oxygen atoms in total. The molecule has 0 saturated carbocycles. The van der Waals surface area contributed by atoms with Crippen molar-refractivity contribution in [2.75, 3.05) is 60.1 Å². The molecule has 1 aromatic rings. The van der Waals surface area contributed by atoms with Crippen LogP contribution in [0.5, 0.6) is 0 Å². The van der Waals surface area contributed by atoms with Crippen molar-refractivity contribution >= 4 is 46.1 Å². The van der Waals surface area contributed by atoms with Gasteiger partial charge in [0.25, 0.3) is 0 Å². The van der Waals surface area contributed by atoms with Crippen molar-refractivity contribution in [3.05, 3.63) is 35.9 Å². The Morgan fingerprint density at radius 2 is 1.33 bits per heavy atom. The lowest BCUT2D eigenvalue weighted by atomic mass is 9.64. The predicted molar refractivity (Wildman–Crippen MR) is 189 cm³/mol. The molecule has 0 aliphatic carbocycles. The highest BCUT2D eigenvalue weighted by molar-refractivity contribution is 8.25. The Labute approximate surface area is 299 Å². The molecule has 0 aliphatic heterocycles. The number of nitrogens with zero attached hydrogens (tertiary/aromatic N) is 3. The van der Waals surface area contributed by atoms with Gasteiger partial charge in [0.2, 0.25) is 0 Å². The van der Waals surface area contributed by atoms with Crippen molar-refractivity contribution in [3.63, 3.8) is 0 Å². The minimum atomic E-state index is -4.80. The molecule has 1 rings (SSSR count). The van der Waals surface area contributed by atoms with Crippen molar-refractivity contribution in [3.8, 4) is 6.07 Å². The number of likely N-dealkylation sites (N-methyl/N-ethyl adjacent to an activating group) is 2. The number of rotatable bonds is 20. The summed E-state index contributed by atoms with van der Waals surface area (Å²) in [7, 11) is 3.64. The van der Waals surface area contributed by atoms with Gasteiger partial charge < -0.3 is 24.0 Å². The highest BCUT2D eigenvalue weighted by Crippen LogP contribution is 2.50. The number of halogens is 3. The van der Waals surface area contributed by atoms with Crippen molar-refractivity contribution in [1.82, 2.24) is 9.80 Å². The first-order valence-electron chi connectivity index (χ1n) is 16.2. The van der Waals surface area contributed by atoms with Gasteiger partial charge in [-0.05, 0) is 86.6 Å². The number of nitriles is 1. The average molecular weight is 732 g/mol. The Morgan fingerprint density at radius 1 is 0.816 bits per heavy atom. The van der Waals surface area contributed by atoms with Crippen LogP contribution in [0.4, 0.5) is 13.2 Å². The second-order valence-electron chi connectivity index (χ2n) is 13.9. The minimum absolute atomic E-state index is 0.00537. The van der Waals surface area contributed by atoms with Crippen molar-refractivity contribution in [1.29, 1.82) is 5.26 Å². The first-order chi connectivity index (χ1) is 22.5. The Kier molecular flexibility index (Phi) is 17.2. The molecule has 3 unspecified atom stereocenters. The van der Waals surface area contributed by atoms with Gasteiger partial charge in [0, 0.05) is 13.1 Å². The van der Waals surface area contributed by atoms with Crippen LogP contribution < -0.4 is 0 Å². The van der Waals surface area contributed by atoms with Crippen LogP contribution in [-0.4, -0.2) is 103 Å². The molecule has 0 amide bonds. The van der Waals surface area contributed by atoms with E-state index in [1.165, 1.54) is 13.8 Å². The molecule has 0 bridgehead atoms. The molecule has 0 N–H and O–H groups in total. The number of benzene rings is 1. The fourth-order valence-corrected chi connectivity index (χ4v) is 7.68. The maximum Gasteiger partial charge on any atom is 0.422 e. The number of carbonyl (C=O) groups is 3. The summed E-state index contributed by atoms with van der Waals surface area (Å²) >= 11 is 6.76. The fraction of sp³-hybridized carbons (Fsp3) is 0.686. The molecule has 0 saturated heterocycles. The summed E-state index contributed by atoms with van der Waals surface area (Å²) in [5, 5.41) is 9.85. The van der Waals surface area contributed by atoms with Crippen LogP contribution in [-0.2, 0) is 28.6 Å². The van der Waals surface area contributed by atoms with Crippen LogP contribution in [0.15, 0.2) is 30.3 Å². The smallest absolute Gasteiger partial charge is 0.422 e. The number of carbonyl (C=O) groups excluding carboxylic acids is 3. The molecule has 0 spiro atoms. The van der Waals surface area contributed by atoms with Crippen molar-refractivity contribution in [2.45, 2.75) is 78.7 Å². The third-order valence-electron chi connectivity index (χ3n) is 8.06. The molecule has 276 valence electrons. The van der Waals surface area contributed by atoms with Crippen LogP contribution in [0.1, 0.15) is 73.3 Å². The van der Waals surface area contributed by atoms with Gasteiger partial charge >= 0.3 is 24.1 Å². The highest BCUT2D eigenvalue weighted by atomic mass is 32.2. The van der Waals surface area contributed by atoms with Crippen molar-refractivity contribution in [2.24, 2.45) is 16.2 Å². The number of thiocarbonyl (C=S) groups is 1. The fourth-order valence-electron chi connectivity index (χ4n) is 5.80. The summed E-state index contributed by atoms with van der Waals surface area (Å²) in [6.07, 6.45) is -5.70. The monoisotopic (exact) mass is 731 g/mol. The molecule has 0 radical (unpaired) electrons. The quantitative estimate of drug-likeness (QED) is 0.0814. The Bertz CT molecular complexity index is 1300. The van der Waals surface area contributed by atoms with Gasteiger partial charge in [-0.3, -0.25) is 14.4 Å². The Morgan fingerprint density at radius 3 is 1.84 bits per heavy atom. The molecular formula is C35H52F3N3O6S2. The molecule has 14 heteroatoms. The van der Waals surface area contributed by atoms with E-state index >= 15 is 0 Å². The SMILES string of the molecule is CCN(CC)CCOC(=O)C(C)(CC(C)(CC(C)(C)C#N)C(=O)OCC(F)(F)F)CC(C)(SC(=S)c1ccccc1)C(=O)OCCN(C)C. The standard InChI is InChI=1S/C35H52F3N3O6S2/c1-10-41(11-2)18-20-45-28(42)33(6,22-32(5,21-31(3,4)24-39)29(43)47-25-35(36,37)38)23-34(7,30(44)46-19-17-40(8)9)49-27(48)26-15-13-12-14-16-26/h12-16H,10-11,17-23,25H2,1-9H3. The zero-order valence-corrected chi connectivity index (χ0v) is 31.8. The summed E-state index contributed by atoms with van der Waals surface area (Å²) in [6, 6.07) is 11.1. The predicted octanol–water partition coefficient (Wildman–Crippen LogP) is 6.68. The Balaban J connectivity index is 3.78. The van der Waals surface area contributed by atoms with Gasteiger partial charge in [0.05, 0.1) is 26.5 Å². The maximum atomic E-state index is 14.2. The van der Waals surface area contributed by atoms with E-state index in [0.29, 0.717) is 35.9 Å². The molecule has 0 aromatic heterocycles. The minimum Gasteiger partial charge on any atom is -0.464 e. The number of hydrogen-bond donors (Lipinski definition) is 0. The molecular weight excluding hydrogens is 680 g/mol. The second-order valence-corrected chi connectivity index (χ2v) is 16.1. The number of alkyl halides is 3. The second kappa shape index (κ2) is 19.0. The van der Waals surface area contributed by atoms with E-state index in [2.05, 4.69) is 6.07 Å². The summed E-state index contributed by atoms with van der Waals surface area (Å²) in [5.74, 6) is -2.65. The van der Waals surface area contributed by atoms with Gasteiger partial charge in [-0.15, -0.1) is 0 Å². The number of esters is 3. The number of hydrogen-bond acceptors (Lipinski definition) is 11. The third kappa shape index (κ3) is 15.0. The molecule has 0 fully saturated rings. The average Bonchev–Trinajstić information content (AvgIpc) is 3.01. The first kappa shape index (κ1) is 44.3. The largest absolute Gasteiger partial charge is 0.464 e. The maximum absolute atomic E-state index is 14.2. The van der Waals surface area contributed by atoms with Crippen LogP contribution in [0.3, 0.4) is 0 Å². The van der Waals surface area contributed by atoms with E-state index < -0.39 is 58.1 Å². The van der Waals surface area contributed by atoms with Gasteiger partial charge in [-0.25, -0.2) is 0 Å². The lowest BCUT2D eigenvalue weighted by Gasteiger charge is -2.42. The van der Waals surface area contributed by atoms with E-state index in [9.17, 15) is 32.8 Å². The van der Waals surface area contributed by atoms with E-state index in [1.54, 1.807) is 45.0 Å². The van der Waals surface area contributed by atoms with Gasteiger partial charge in [0.15, 0.2) is 6.61 Å². The lowest BCUT2D eigenvalue weighted by Crippen LogP contribution is -2.48. The summed E-state index contributed by atoms with van der Waals surface area (Å²) in [6.45, 7) is 12.0. The van der Waals surface area contributed by atoms with Crippen LogP contribution in [0, 0.1) is 27.6 Å². The highest BCUT2D eigenvalue weighted by Gasteiger charge is 2.54. The zero-order chi connectivity index (χ0) is 37.7. The van der Waals surface area contributed by atoms with Gasteiger partial charge in [-0.2, -0.15) is 18.4 Å². The van der Waals surface area contributed by atoms with Gasteiger partial charge in [0.1, 0.15) is 18.0 Å². The summed E-state index contributed by atoms with van der Waals surface area (Å²) < 4.78 is 54.6. The third-order valence-corrected chi connectivity index (χ3v) is 9.73. The topological polar surface area (TPSA) is 109 Å². The van der Waals surface area contributed by atoms with Crippen LogP contribution in [0.2, 0.25) is 0 Å². The number of ether oxygens (including phenoxy) is 3. The number of thioether (sulfide) groups is 1.